The number of halogens is 1. The average Bonchev–Trinajstić information content (AvgIpc) is 2.33. The van der Waals surface area contributed by atoms with Crippen LogP contribution in [0.4, 0.5) is 0 Å². The fraction of sp³-hybridized carbons (Fsp3) is 0.929. The summed E-state index contributed by atoms with van der Waals surface area (Å²) in [6.45, 7) is 0.920. The van der Waals surface area contributed by atoms with E-state index in [9.17, 15) is 4.79 Å². The Kier molecular flexibility index (Phi) is 5.09. The number of aliphatic hydroxyl groups is 1. The molecule has 0 radical (unpaired) electrons. The van der Waals surface area contributed by atoms with Gasteiger partial charge in [-0.3, -0.25) is 4.79 Å². The van der Waals surface area contributed by atoms with Crippen LogP contribution in [0.5, 0.6) is 0 Å². The number of hydrogen-bond acceptors (Lipinski definition) is 3. The molecule has 0 aromatic carbocycles. The molecule has 3 N–H and O–H groups in total. The van der Waals surface area contributed by atoms with Crippen LogP contribution in [-0.4, -0.2) is 36.8 Å². The van der Waals surface area contributed by atoms with E-state index < -0.39 is 0 Å². The summed E-state index contributed by atoms with van der Waals surface area (Å²) in [6.07, 6.45) is 6.79. The van der Waals surface area contributed by atoms with E-state index >= 15 is 0 Å². The van der Waals surface area contributed by atoms with Gasteiger partial charge in [-0.05, 0) is 55.8 Å². The number of nitrogens with one attached hydrogen (secondary N) is 2. The van der Waals surface area contributed by atoms with Crippen molar-refractivity contribution >= 4 is 18.3 Å². The van der Waals surface area contributed by atoms with Crippen molar-refractivity contribution in [2.24, 2.45) is 23.7 Å². The number of aliphatic hydroxyl groups excluding tert-OH is 1. The molecular weight excluding hydrogens is 264 g/mol. The van der Waals surface area contributed by atoms with Crippen LogP contribution in [0.3, 0.4) is 0 Å². The molecule has 0 saturated heterocycles. The largest absolute Gasteiger partial charge is 0.395 e. The number of carbonyl (C=O) groups excluding carboxylic acids is 1. The first-order valence-electron chi connectivity index (χ1n) is 7.37. The Balaban J connectivity index is 0.00000133. The summed E-state index contributed by atoms with van der Waals surface area (Å²) in [5, 5.41) is 14.9. The van der Waals surface area contributed by atoms with Crippen molar-refractivity contribution in [3.8, 4) is 0 Å². The maximum absolute atomic E-state index is 11.9. The van der Waals surface area contributed by atoms with Gasteiger partial charge in [0.05, 0.1) is 13.2 Å². The second kappa shape index (κ2) is 6.42. The van der Waals surface area contributed by atoms with Gasteiger partial charge in [-0.25, -0.2) is 0 Å². The SMILES string of the molecule is Cl.O=C(CNCCO)NC1C2CC3CC(C2)CC1C3. The minimum atomic E-state index is 0. The summed E-state index contributed by atoms with van der Waals surface area (Å²) in [7, 11) is 0. The minimum Gasteiger partial charge on any atom is -0.395 e. The molecule has 1 amide bonds. The highest BCUT2D eigenvalue weighted by molar-refractivity contribution is 5.85. The molecule has 0 spiro atoms. The molecule has 4 aliphatic carbocycles. The van der Waals surface area contributed by atoms with E-state index in [1.165, 1.54) is 32.1 Å². The summed E-state index contributed by atoms with van der Waals surface area (Å²) < 4.78 is 0. The van der Waals surface area contributed by atoms with E-state index in [4.69, 9.17) is 5.11 Å². The zero-order chi connectivity index (χ0) is 12.5. The lowest BCUT2D eigenvalue weighted by Crippen LogP contribution is -2.56. The summed E-state index contributed by atoms with van der Waals surface area (Å²) >= 11 is 0. The van der Waals surface area contributed by atoms with Crippen LogP contribution in [-0.2, 0) is 4.79 Å². The molecule has 4 bridgehead atoms. The fourth-order valence-electron chi connectivity index (χ4n) is 4.68. The van der Waals surface area contributed by atoms with Gasteiger partial charge in [-0.2, -0.15) is 0 Å². The molecule has 0 unspecified atom stereocenters. The molecule has 5 heteroatoms. The standard InChI is InChI=1S/C14H24N2O2.ClH/c17-2-1-15-8-13(18)16-14-11-4-9-3-10(6-11)7-12(14)5-9;/h9-12,14-15,17H,1-8H2,(H,16,18);1H. The molecule has 4 rings (SSSR count). The molecule has 4 fully saturated rings. The Bertz CT molecular complexity index is 297. The Labute approximate surface area is 121 Å². The molecular formula is C14H25ClN2O2. The van der Waals surface area contributed by atoms with Crippen LogP contribution in [0, 0.1) is 23.7 Å². The third kappa shape index (κ3) is 3.23. The highest BCUT2D eigenvalue weighted by Gasteiger charge is 2.48. The van der Waals surface area contributed by atoms with Gasteiger partial charge in [0.15, 0.2) is 0 Å². The molecule has 0 heterocycles. The monoisotopic (exact) mass is 288 g/mol. The van der Waals surface area contributed by atoms with E-state index in [1.807, 2.05) is 0 Å². The zero-order valence-corrected chi connectivity index (χ0v) is 12.1. The highest BCUT2D eigenvalue weighted by atomic mass is 35.5. The van der Waals surface area contributed by atoms with Crippen molar-refractivity contribution in [1.82, 2.24) is 10.6 Å². The first-order chi connectivity index (χ1) is 8.76. The van der Waals surface area contributed by atoms with Gasteiger partial charge in [0.1, 0.15) is 0 Å². The summed E-state index contributed by atoms with van der Waals surface area (Å²) in [5.74, 6) is 3.48. The summed E-state index contributed by atoms with van der Waals surface area (Å²) in [5.41, 5.74) is 0. The second-order valence-corrected chi connectivity index (χ2v) is 6.42. The minimum absolute atomic E-state index is 0. The number of rotatable bonds is 5. The molecule has 4 saturated carbocycles. The molecule has 19 heavy (non-hydrogen) atoms. The van der Waals surface area contributed by atoms with Crippen molar-refractivity contribution < 1.29 is 9.90 Å². The van der Waals surface area contributed by atoms with Gasteiger partial charge < -0.3 is 15.7 Å². The Hall–Kier alpha value is -0.320. The molecule has 0 aromatic rings. The molecule has 0 atom stereocenters. The van der Waals surface area contributed by atoms with Crippen molar-refractivity contribution in [2.45, 2.75) is 38.1 Å². The lowest BCUT2D eigenvalue weighted by Gasteiger charge is -2.54. The molecule has 4 aliphatic rings. The van der Waals surface area contributed by atoms with Crippen LogP contribution >= 0.6 is 12.4 Å². The Morgan fingerprint density at radius 1 is 1.05 bits per heavy atom. The van der Waals surface area contributed by atoms with E-state index in [-0.39, 0.29) is 24.9 Å². The van der Waals surface area contributed by atoms with Crippen LogP contribution in [0.15, 0.2) is 0 Å². The van der Waals surface area contributed by atoms with Gasteiger partial charge >= 0.3 is 0 Å². The normalized spacial score (nSPS) is 38.9. The second-order valence-electron chi connectivity index (χ2n) is 6.42. The lowest BCUT2D eigenvalue weighted by molar-refractivity contribution is -0.124. The first-order valence-corrected chi connectivity index (χ1v) is 7.37. The van der Waals surface area contributed by atoms with E-state index in [2.05, 4.69) is 10.6 Å². The van der Waals surface area contributed by atoms with Crippen LogP contribution in [0.25, 0.3) is 0 Å². The van der Waals surface area contributed by atoms with E-state index in [1.54, 1.807) is 0 Å². The van der Waals surface area contributed by atoms with Crippen LogP contribution in [0.2, 0.25) is 0 Å². The molecule has 0 aliphatic heterocycles. The smallest absolute Gasteiger partial charge is 0.234 e. The van der Waals surface area contributed by atoms with E-state index in [0.717, 1.165) is 23.7 Å². The molecule has 4 nitrogen and oxygen atoms in total. The lowest BCUT2D eigenvalue weighted by atomic mass is 9.54. The predicted octanol–water partition coefficient (Wildman–Crippen LogP) is 0.931. The number of amides is 1. The number of hydrogen-bond donors (Lipinski definition) is 3. The summed E-state index contributed by atoms with van der Waals surface area (Å²) in [4.78, 5) is 11.9. The van der Waals surface area contributed by atoms with E-state index in [0.29, 0.717) is 19.1 Å². The highest BCUT2D eigenvalue weighted by Crippen LogP contribution is 2.53. The quantitative estimate of drug-likeness (QED) is 0.660. The van der Waals surface area contributed by atoms with Crippen molar-refractivity contribution in [3.63, 3.8) is 0 Å². The summed E-state index contributed by atoms with van der Waals surface area (Å²) in [6, 6.07) is 0.432. The third-order valence-electron chi connectivity index (χ3n) is 5.13. The first kappa shape index (κ1) is 15.1. The van der Waals surface area contributed by atoms with Crippen LogP contribution < -0.4 is 10.6 Å². The Morgan fingerprint density at radius 3 is 2.16 bits per heavy atom. The maximum atomic E-state index is 11.9. The zero-order valence-electron chi connectivity index (χ0n) is 11.3. The van der Waals surface area contributed by atoms with Gasteiger partial charge in [-0.15, -0.1) is 12.4 Å². The van der Waals surface area contributed by atoms with Gasteiger partial charge in [0, 0.05) is 12.6 Å². The topological polar surface area (TPSA) is 61.4 Å². The van der Waals surface area contributed by atoms with Gasteiger partial charge in [0.2, 0.25) is 5.91 Å². The van der Waals surface area contributed by atoms with Gasteiger partial charge in [-0.1, -0.05) is 0 Å². The van der Waals surface area contributed by atoms with Gasteiger partial charge in [0.25, 0.3) is 0 Å². The fourth-order valence-corrected chi connectivity index (χ4v) is 4.68. The van der Waals surface area contributed by atoms with Crippen LogP contribution in [0.1, 0.15) is 32.1 Å². The van der Waals surface area contributed by atoms with Crippen molar-refractivity contribution in [1.29, 1.82) is 0 Å². The van der Waals surface area contributed by atoms with Crippen molar-refractivity contribution in [2.75, 3.05) is 19.7 Å². The molecule has 0 aromatic heterocycles. The maximum Gasteiger partial charge on any atom is 0.234 e. The predicted molar refractivity (Wildman–Crippen MR) is 76.2 cm³/mol. The molecule has 110 valence electrons. The average molecular weight is 289 g/mol. The third-order valence-corrected chi connectivity index (χ3v) is 5.13. The Morgan fingerprint density at radius 2 is 1.63 bits per heavy atom. The van der Waals surface area contributed by atoms with Crippen molar-refractivity contribution in [3.05, 3.63) is 0 Å². The number of carbonyl (C=O) groups is 1.